The van der Waals surface area contributed by atoms with Gasteiger partial charge in [0.1, 0.15) is 6.04 Å². The van der Waals surface area contributed by atoms with Crippen LogP contribution in [0.5, 0.6) is 0 Å². The molecule has 3 aromatic rings. The Balaban J connectivity index is 1.60. The summed E-state index contributed by atoms with van der Waals surface area (Å²) in [4.78, 5) is 29.2. The average molecular weight is 556 g/mol. The van der Waals surface area contributed by atoms with Crippen LogP contribution in [-0.4, -0.2) is 34.6 Å². The van der Waals surface area contributed by atoms with Crippen molar-refractivity contribution in [3.05, 3.63) is 106 Å². The number of rotatable bonds is 11. The SMILES string of the molecule is O=C(NC1CCCC1)[C@@H](Cc1ccccc1)N(Cc1c(Cl)cccc1Cl)C(=O)CSCc1ccccc1. The second-order valence-electron chi connectivity index (χ2n) is 9.40. The van der Waals surface area contributed by atoms with Crippen LogP contribution in [0, 0.1) is 0 Å². The predicted molar refractivity (Wildman–Crippen MR) is 154 cm³/mol. The summed E-state index contributed by atoms with van der Waals surface area (Å²) in [6.45, 7) is 0.165. The zero-order valence-electron chi connectivity index (χ0n) is 20.7. The molecule has 1 aliphatic carbocycles. The molecule has 1 saturated carbocycles. The van der Waals surface area contributed by atoms with Gasteiger partial charge >= 0.3 is 0 Å². The summed E-state index contributed by atoms with van der Waals surface area (Å²) in [6, 6.07) is 24.7. The minimum atomic E-state index is -0.680. The van der Waals surface area contributed by atoms with Crippen LogP contribution in [-0.2, 0) is 28.3 Å². The molecule has 0 aliphatic heterocycles. The number of hydrogen-bond donors (Lipinski definition) is 1. The van der Waals surface area contributed by atoms with Crippen molar-refractivity contribution >= 4 is 46.8 Å². The van der Waals surface area contributed by atoms with Gasteiger partial charge in [-0.25, -0.2) is 0 Å². The molecule has 1 fully saturated rings. The van der Waals surface area contributed by atoms with Gasteiger partial charge in [0.05, 0.1) is 5.75 Å². The van der Waals surface area contributed by atoms with Crippen LogP contribution in [0.3, 0.4) is 0 Å². The van der Waals surface area contributed by atoms with Crippen molar-refractivity contribution in [3.8, 4) is 0 Å². The molecule has 4 nitrogen and oxygen atoms in total. The number of nitrogens with one attached hydrogen (secondary N) is 1. The molecular formula is C30H32Cl2N2O2S. The van der Waals surface area contributed by atoms with Gasteiger partial charge in [-0.15, -0.1) is 11.8 Å². The van der Waals surface area contributed by atoms with Crippen molar-refractivity contribution < 1.29 is 9.59 Å². The number of nitrogens with zero attached hydrogens (tertiary/aromatic N) is 1. The van der Waals surface area contributed by atoms with E-state index in [1.54, 1.807) is 34.9 Å². The summed E-state index contributed by atoms with van der Waals surface area (Å²) in [5, 5.41) is 4.19. The van der Waals surface area contributed by atoms with Gasteiger partial charge in [0, 0.05) is 40.4 Å². The molecule has 7 heteroatoms. The summed E-state index contributed by atoms with van der Waals surface area (Å²) in [5.74, 6) is 0.726. The Labute approximate surface area is 233 Å². The Hall–Kier alpha value is -2.47. The maximum Gasteiger partial charge on any atom is 0.243 e. The number of hydrogen-bond acceptors (Lipinski definition) is 3. The fourth-order valence-electron chi connectivity index (χ4n) is 4.69. The first kappa shape index (κ1) is 27.6. The lowest BCUT2D eigenvalue weighted by Gasteiger charge is -2.33. The zero-order chi connectivity index (χ0) is 26.0. The van der Waals surface area contributed by atoms with Crippen molar-refractivity contribution in [1.29, 1.82) is 0 Å². The van der Waals surface area contributed by atoms with Gasteiger partial charge < -0.3 is 10.2 Å². The summed E-state index contributed by atoms with van der Waals surface area (Å²) in [6.07, 6.45) is 4.59. The predicted octanol–water partition coefficient (Wildman–Crippen LogP) is 6.93. The third kappa shape index (κ3) is 8.00. The van der Waals surface area contributed by atoms with E-state index in [0.717, 1.165) is 36.8 Å². The van der Waals surface area contributed by atoms with Gasteiger partial charge in [-0.1, -0.05) is 103 Å². The monoisotopic (exact) mass is 554 g/mol. The van der Waals surface area contributed by atoms with Gasteiger partial charge in [0.15, 0.2) is 0 Å². The standard InChI is InChI=1S/C30H32Cl2N2O2S/c31-26-16-9-17-27(32)25(26)19-34(29(35)21-37-20-23-12-5-2-6-13-23)28(18-22-10-3-1-4-11-22)30(36)33-24-14-7-8-15-24/h1-6,9-13,16-17,24,28H,7-8,14-15,18-21H2,(H,33,36)/t28-/m1/s1. The molecular weight excluding hydrogens is 523 g/mol. The lowest BCUT2D eigenvalue weighted by atomic mass is 10.0. The third-order valence-corrected chi connectivity index (χ3v) is 8.40. The second-order valence-corrected chi connectivity index (χ2v) is 11.2. The van der Waals surface area contributed by atoms with E-state index < -0.39 is 6.04 Å². The van der Waals surface area contributed by atoms with E-state index >= 15 is 0 Å². The lowest BCUT2D eigenvalue weighted by Crippen LogP contribution is -2.52. The minimum Gasteiger partial charge on any atom is -0.352 e. The van der Waals surface area contributed by atoms with Crippen LogP contribution in [0.1, 0.15) is 42.4 Å². The molecule has 194 valence electrons. The smallest absolute Gasteiger partial charge is 0.243 e. The van der Waals surface area contributed by atoms with E-state index in [9.17, 15) is 9.59 Å². The van der Waals surface area contributed by atoms with E-state index in [-0.39, 0.29) is 30.2 Å². The molecule has 2 amide bonds. The number of benzene rings is 3. The van der Waals surface area contributed by atoms with Gasteiger partial charge in [-0.2, -0.15) is 0 Å². The number of thioether (sulfide) groups is 1. The van der Waals surface area contributed by atoms with E-state index in [1.807, 2.05) is 60.7 Å². The van der Waals surface area contributed by atoms with Gasteiger partial charge in [-0.3, -0.25) is 9.59 Å². The Morgan fingerprint density at radius 1 is 0.865 bits per heavy atom. The first-order valence-electron chi connectivity index (χ1n) is 12.7. The Bertz CT molecular complexity index is 1150. The highest BCUT2D eigenvalue weighted by atomic mass is 35.5. The van der Waals surface area contributed by atoms with E-state index in [0.29, 0.717) is 27.8 Å². The molecule has 0 aromatic heterocycles. The fourth-order valence-corrected chi connectivity index (χ4v) is 6.08. The molecule has 1 atom stereocenters. The summed E-state index contributed by atoms with van der Waals surface area (Å²) >= 11 is 14.6. The van der Waals surface area contributed by atoms with Crippen LogP contribution in [0.25, 0.3) is 0 Å². The number of carbonyl (C=O) groups excluding carboxylic acids is 2. The second kappa shape index (κ2) is 13.9. The van der Waals surface area contributed by atoms with E-state index in [1.165, 1.54) is 0 Å². The van der Waals surface area contributed by atoms with Crippen LogP contribution in [0.15, 0.2) is 78.9 Å². The molecule has 0 heterocycles. The topological polar surface area (TPSA) is 49.4 Å². The quantitative estimate of drug-likeness (QED) is 0.279. The molecule has 3 aromatic carbocycles. The minimum absolute atomic E-state index is 0.112. The number of carbonyl (C=O) groups is 2. The molecule has 0 saturated heterocycles. The number of halogens is 2. The van der Waals surface area contributed by atoms with Crippen molar-refractivity contribution in [3.63, 3.8) is 0 Å². The molecule has 0 bridgehead atoms. The molecule has 0 unspecified atom stereocenters. The van der Waals surface area contributed by atoms with E-state index in [4.69, 9.17) is 23.2 Å². The average Bonchev–Trinajstić information content (AvgIpc) is 3.42. The lowest BCUT2D eigenvalue weighted by molar-refractivity contribution is -0.139. The van der Waals surface area contributed by atoms with Crippen molar-refractivity contribution in [1.82, 2.24) is 10.2 Å². The highest BCUT2D eigenvalue weighted by Gasteiger charge is 2.32. The molecule has 37 heavy (non-hydrogen) atoms. The Kier molecular flexibility index (Phi) is 10.4. The summed E-state index contributed by atoms with van der Waals surface area (Å²) in [7, 11) is 0. The largest absolute Gasteiger partial charge is 0.352 e. The number of amides is 2. The van der Waals surface area contributed by atoms with Crippen LogP contribution < -0.4 is 5.32 Å². The Morgan fingerprint density at radius 2 is 1.46 bits per heavy atom. The van der Waals surface area contributed by atoms with E-state index in [2.05, 4.69) is 5.32 Å². The summed E-state index contributed by atoms with van der Waals surface area (Å²) in [5.41, 5.74) is 2.80. The maximum absolute atomic E-state index is 13.8. The fraction of sp³-hybridized carbons (Fsp3) is 0.333. The molecule has 1 N–H and O–H groups in total. The van der Waals surface area contributed by atoms with Crippen molar-refractivity contribution in [2.75, 3.05) is 5.75 Å². The molecule has 4 rings (SSSR count). The first-order chi connectivity index (χ1) is 18.0. The zero-order valence-corrected chi connectivity index (χ0v) is 23.1. The highest BCUT2D eigenvalue weighted by Crippen LogP contribution is 2.28. The van der Waals surface area contributed by atoms with Gasteiger partial charge in [0.2, 0.25) is 11.8 Å². The van der Waals surface area contributed by atoms with Crippen molar-refractivity contribution in [2.24, 2.45) is 0 Å². The van der Waals surface area contributed by atoms with Crippen molar-refractivity contribution in [2.45, 2.75) is 56.5 Å². The summed E-state index contributed by atoms with van der Waals surface area (Å²) < 4.78 is 0. The third-order valence-electron chi connectivity index (χ3n) is 6.70. The molecule has 0 spiro atoms. The maximum atomic E-state index is 13.8. The van der Waals surface area contributed by atoms with Crippen LogP contribution in [0.4, 0.5) is 0 Å². The molecule has 1 aliphatic rings. The normalized spacial score (nSPS) is 14.3. The van der Waals surface area contributed by atoms with Gasteiger partial charge in [-0.05, 0) is 36.1 Å². The first-order valence-corrected chi connectivity index (χ1v) is 14.6. The molecule has 0 radical (unpaired) electrons. The van der Waals surface area contributed by atoms with Crippen LogP contribution in [0.2, 0.25) is 10.0 Å². The highest BCUT2D eigenvalue weighted by molar-refractivity contribution is 7.99. The Morgan fingerprint density at radius 3 is 2.08 bits per heavy atom. The van der Waals surface area contributed by atoms with Crippen LogP contribution >= 0.6 is 35.0 Å². The van der Waals surface area contributed by atoms with Gasteiger partial charge in [0.25, 0.3) is 0 Å².